The van der Waals surface area contributed by atoms with Gasteiger partial charge in [-0.2, -0.15) is 0 Å². The van der Waals surface area contributed by atoms with E-state index in [0.717, 1.165) is 24.1 Å². The van der Waals surface area contributed by atoms with Crippen LogP contribution in [0.25, 0.3) is 0 Å². The molecular formula is C21H22ClNO3. The molecule has 0 radical (unpaired) electrons. The van der Waals surface area contributed by atoms with Crippen molar-refractivity contribution >= 4 is 29.2 Å². The van der Waals surface area contributed by atoms with Crippen LogP contribution in [0, 0.1) is 6.92 Å². The summed E-state index contributed by atoms with van der Waals surface area (Å²) in [6.45, 7) is 2.72. The first-order valence-electron chi connectivity index (χ1n) is 8.81. The van der Waals surface area contributed by atoms with Crippen molar-refractivity contribution in [2.75, 3.05) is 11.4 Å². The van der Waals surface area contributed by atoms with E-state index in [1.54, 1.807) is 24.3 Å². The minimum absolute atomic E-state index is 0.0315. The molecule has 5 heteroatoms. The Morgan fingerprint density at radius 1 is 1.15 bits per heavy atom. The first-order valence-corrected chi connectivity index (χ1v) is 9.19. The van der Waals surface area contributed by atoms with E-state index >= 15 is 0 Å². The number of carboxylic acid groups (broad SMARTS) is 1. The molecule has 1 aliphatic heterocycles. The topological polar surface area (TPSA) is 57.6 Å². The Morgan fingerprint density at radius 3 is 2.58 bits per heavy atom. The van der Waals surface area contributed by atoms with Gasteiger partial charge in [-0.3, -0.25) is 9.59 Å². The van der Waals surface area contributed by atoms with Gasteiger partial charge in [0.2, 0.25) is 5.91 Å². The molecule has 2 aromatic rings. The predicted molar refractivity (Wildman–Crippen MR) is 103 cm³/mol. The molecule has 1 atom stereocenters. The summed E-state index contributed by atoms with van der Waals surface area (Å²) in [5.74, 6) is -1.31. The molecule has 0 aromatic heterocycles. The molecule has 4 nitrogen and oxygen atoms in total. The fourth-order valence-corrected chi connectivity index (χ4v) is 3.69. The van der Waals surface area contributed by atoms with Crippen LogP contribution in [0.1, 0.15) is 41.9 Å². The van der Waals surface area contributed by atoms with Gasteiger partial charge in [-0.1, -0.05) is 41.4 Å². The van der Waals surface area contributed by atoms with Crippen LogP contribution < -0.4 is 4.90 Å². The first-order chi connectivity index (χ1) is 12.4. The Balaban J connectivity index is 1.82. The highest BCUT2D eigenvalue weighted by Crippen LogP contribution is 2.31. The Bertz CT molecular complexity index is 817. The van der Waals surface area contributed by atoms with Gasteiger partial charge in [-0.15, -0.1) is 0 Å². The zero-order valence-corrected chi connectivity index (χ0v) is 15.5. The molecule has 0 aliphatic carbocycles. The molecule has 0 saturated heterocycles. The average Bonchev–Trinajstić information content (AvgIpc) is 2.60. The fraction of sp³-hybridized carbons (Fsp3) is 0.333. The van der Waals surface area contributed by atoms with Crippen molar-refractivity contribution in [1.82, 2.24) is 0 Å². The lowest BCUT2D eigenvalue weighted by molar-refractivity contribution is -0.137. The maximum atomic E-state index is 13.0. The second kappa shape index (κ2) is 7.92. The highest BCUT2D eigenvalue weighted by atomic mass is 35.5. The number of nitrogens with zero attached hydrogens (tertiary/aromatic N) is 1. The van der Waals surface area contributed by atoms with Crippen molar-refractivity contribution in [3.05, 3.63) is 64.2 Å². The maximum absolute atomic E-state index is 13.0. The molecule has 2 aromatic carbocycles. The number of carbonyl (C=O) groups excluding carboxylic acids is 1. The number of hydrogen-bond acceptors (Lipinski definition) is 2. The van der Waals surface area contributed by atoms with Crippen LogP contribution in [-0.2, 0) is 16.0 Å². The molecule has 1 unspecified atom stereocenters. The molecule has 0 fully saturated rings. The number of anilines is 1. The van der Waals surface area contributed by atoms with Crippen molar-refractivity contribution in [2.45, 2.75) is 38.5 Å². The summed E-state index contributed by atoms with van der Waals surface area (Å²) in [6.07, 6.45) is 1.98. The van der Waals surface area contributed by atoms with Gasteiger partial charge in [0.25, 0.3) is 0 Å². The van der Waals surface area contributed by atoms with Crippen LogP contribution >= 0.6 is 11.6 Å². The average molecular weight is 372 g/mol. The Labute approximate surface area is 158 Å². The highest BCUT2D eigenvalue weighted by Gasteiger charge is 2.26. The number of hydrogen-bond donors (Lipinski definition) is 1. The summed E-state index contributed by atoms with van der Waals surface area (Å²) in [6, 6.07) is 13.2. The van der Waals surface area contributed by atoms with Gasteiger partial charge in [-0.05, 0) is 49.1 Å². The lowest BCUT2D eigenvalue weighted by Crippen LogP contribution is -2.36. The largest absolute Gasteiger partial charge is 0.481 e. The summed E-state index contributed by atoms with van der Waals surface area (Å²) in [5, 5.41) is 9.85. The van der Waals surface area contributed by atoms with E-state index in [1.807, 2.05) is 24.0 Å². The molecular weight excluding hydrogens is 350 g/mol. The molecule has 1 N–H and O–H groups in total. The molecule has 0 bridgehead atoms. The standard InChI is InChI=1S/C21H22ClNO3/c1-14-4-9-19-16(11-14)3-2-10-23(19)20(24)12-17(13-21(25)26)15-5-7-18(22)8-6-15/h4-9,11,17H,2-3,10,12-13H2,1H3,(H,25,26). The van der Waals surface area contributed by atoms with Gasteiger partial charge in [0.15, 0.2) is 0 Å². The number of halogens is 1. The van der Waals surface area contributed by atoms with Crippen molar-refractivity contribution in [2.24, 2.45) is 0 Å². The van der Waals surface area contributed by atoms with Crippen LogP contribution in [0.5, 0.6) is 0 Å². The molecule has 0 saturated carbocycles. The van der Waals surface area contributed by atoms with Gasteiger partial charge >= 0.3 is 5.97 Å². The quantitative estimate of drug-likeness (QED) is 0.837. The third-order valence-corrected chi connectivity index (χ3v) is 5.09. The number of fused-ring (bicyclic) bond motifs is 1. The third kappa shape index (κ3) is 4.25. The molecule has 26 heavy (non-hydrogen) atoms. The van der Waals surface area contributed by atoms with Crippen molar-refractivity contribution in [3.63, 3.8) is 0 Å². The number of carbonyl (C=O) groups is 2. The zero-order chi connectivity index (χ0) is 18.7. The Kier molecular flexibility index (Phi) is 5.62. The highest BCUT2D eigenvalue weighted by molar-refractivity contribution is 6.30. The minimum atomic E-state index is -0.910. The number of rotatable bonds is 5. The molecule has 0 spiro atoms. The SMILES string of the molecule is Cc1ccc2c(c1)CCCN2C(=O)CC(CC(=O)O)c1ccc(Cl)cc1. The Hall–Kier alpha value is -2.33. The normalized spacial score (nSPS) is 14.6. The molecule has 136 valence electrons. The van der Waals surface area contributed by atoms with Crippen molar-refractivity contribution in [1.29, 1.82) is 0 Å². The van der Waals surface area contributed by atoms with Gasteiger partial charge < -0.3 is 10.0 Å². The molecule has 3 rings (SSSR count). The van der Waals surface area contributed by atoms with Gasteiger partial charge in [-0.25, -0.2) is 0 Å². The van der Waals surface area contributed by atoms with E-state index in [0.29, 0.717) is 11.6 Å². The number of aliphatic carboxylic acids is 1. The monoisotopic (exact) mass is 371 g/mol. The van der Waals surface area contributed by atoms with Gasteiger partial charge in [0.05, 0.1) is 6.42 Å². The summed E-state index contributed by atoms with van der Waals surface area (Å²) in [5.41, 5.74) is 4.15. The van der Waals surface area contributed by atoms with Gasteiger partial charge in [0, 0.05) is 29.6 Å². The summed E-state index contributed by atoms with van der Waals surface area (Å²) in [4.78, 5) is 26.1. The minimum Gasteiger partial charge on any atom is -0.481 e. The predicted octanol–water partition coefficient (Wildman–Crippen LogP) is 4.58. The summed E-state index contributed by atoms with van der Waals surface area (Å²) < 4.78 is 0. The van der Waals surface area contributed by atoms with E-state index < -0.39 is 5.97 Å². The number of benzene rings is 2. The van der Waals surface area contributed by atoms with Crippen LogP contribution in [0.4, 0.5) is 5.69 Å². The summed E-state index contributed by atoms with van der Waals surface area (Å²) in [7, 11) is 0. The maximum Gasteiger partial charge on any atom is 0.303 e. The lowest BCUT2D eigenvalue weighted by atomic mass is 9.91. The van der Waals surface area contributed by atoms with E-state index in [4.69, 9.17) is 11.6 Å². The van der Waals surface area contributed by atoms with E-state index in [9.17, 15) is 14.7 Å². The number of aryl methyl sites for hydroxylation is 2. The molecule has 1 aliphatic rings. The van der Waals surface area contributed by atoms with Crippen molar-refractivity contribution < 1.29 is 14.7 Å². The summed E-state index contributed by atoms with van der Waals surface area (Å²) >= 11 is 5.93. The van der Waals surface area contributed by atoms with Gasteiger partial charge in [0.1, 0.15) is 0 Å². The second-order valence-electron chi connectivity index (χ2n) is 6.83. The lowest BCUT2D eigenvalue weighted by Gasteiger charge is -2.31. The van der Waals surface area contributed by atoms with Crippen LogP contribution in [0.2, 0.25) is 5.02 Å². The molecule has 1 heterocycles. The van der Waals surface area contributed by atoms with E-state index in [2.05, 4.69) is 6.07 Å². The first kappa shape index (κ1) is 18.5. The number of amides is 1. The fourth-order valence-electron chi connectivity index (χ4n) is 3.56. The van der Waals surface area contributed by atoms with Crippen LogP contribution in [-0.4, -0.2) is 23.5 Å². The second-order valence-corrected chi connectivity index (χ2v) is 7.27. The van der Waals surface area contributed by atoms with E-state index in [-0.39, 0.29) is 24.7 Å². The van der Waals surface area contributed by atoms with Crippen LogP contribution in [0.3, 0.4) is 0 Å². The number of carboxylic acids is 1. The smallest absolute Gasteiger partial charge is 0.303 e. The molecule has 1 amide bonds. The third-order valence-electron chi connectivity index (χ3n) is 4.84. The van der Waals surface area contributed by atoms with E-state index in [1.165, 1.54) is 11.1 Å². The zero-order valence-electron chi connectivity index (χ0n) is 14.7. The Morgan fingerprint density at radius 2 is 1.88 bits per heavy atom. The van der Waals surface area contributed by atoms with Crippen molar-refractivity contribution in [3.8, 4) is 0 Å². The van der Waals surface area contributed by atoms with Crippen LogP contribution in [0.15, 0.2) is 42.5 Å².